The van der Waals surface area contributed by atoms with E-state index in [4.69, 9.17) is 32.9 Å². The number of rotatable bonds is 7. The van der Waals surface area contributed by atoms with Gasteiger partial charge in [0.2, 0.25) is 11.8 Å². The fourth-order valence-corrected chi connectivity index (χ4v) is 4.68. The zero-order chi connectivity index (χ0) is 22.5. The number of para-hydroxylation sites is 1. The second kappa shape index (κ2) is 10.5. The SMILES string of the molecule is COCCN1C(=O)C(CC(=O)Nc2cccc(Cl)c2Cl)SC1=Nc1c(C)cccc1C. The number of methoxy groups -OCH3 is 1. The minimum absolute atomic E-state index is 0.0123. The number of nitrogens with zero attached hydrogens (tertiary/aromatic N) is 2. The van der Waals surface area contributed by atoms with Gasteiger partial charge in [0.15, 0.2) is 5.17 Å². The summed E-state index contributed by atoms with van der Waals surface area (Å²) in [6.45, 7) is 4.69. The second-order valence-corrected chi connectivity index (χ2v) is 9.03. The molecule has 3 rings (SSSR count). The highest BCUT2D eigenvalue weighted by molar-refractivity contribution is 8.15. The van der Waals surface area contributed by atoms with E-state index >= 15 is 0 Å². The van der Waals surface area contributed by atoms with Crippen LogP contribution in [0.5, 0.6) is 0 Å². The zero-order valence-electron chi connectivity index (χ0n) is 17.4. The molecule has 1 fully saturated rings. The molecule has 0 aliphatic carbocycles. The van der Waals surface area contributed by atoms with Crippen LogP contribution in [0.1, 0.15) is 17.5 Å². The van der Waals surface area contributed by atoms with Crippen molar-refractivity contribution in [2.45, 2.75) is 25.5 Å². The van der Waals surface area contributed by atoms with E-state index in [1.165, 1.54) is 11.8 Å². The van der Waals surface area contributed by atoms with Gasteiger partial charge in [0.05, 0.1) is 34.6 Å². The van der Waals surface area contributed by atoms with Crippen molar-refractivity contribution in [2.24, 2.45) is 4.99 Å². The number of aryl methyl sites for hydroxylation is 2. The van der Waals surface area contributed by atoms with Crippen molar-refractivity contribution in [3.8, 4) is 0 Å². The lowest BCUT2D eigenvalue weighted by Crippen LogP contribution is -2.35. The number of amides is 2. The van der Waals surface area contributed by atoms with Crippen molar-refractivity contribution in [3.05, 3.63) is 57.6 Å². The van der Waals surface area contributed by atoms with Crippen molar-refractivity contribution in [1.29, 1.82) is 0 Å². The maximum absolute atomic E-state index is 13.0. The van der Waals surface area contributed by atoms with E-state index in [9.17, 15) is 9.59 Å². The molecule has 1 N–H and O–H groups in total. The molecule has 2 amide bonds. The number of ether oxygens (including phenoxy) is 1. The predicted molar refractivity (Wildman–Crippen MR) is 128 cm³/mol. The molecule has 31 heavy (non-hydrogen) atoms. The topological polar surface area (TPSA) is 71.0 Å². The fraction of sp³-hybridized carbons (Fsp3) is 0.318. The number of anilines is 1. The van der Waals surface area contributed by atoms with E-state index in [0.717, 1.165) is 16.8 Å². The Labute approximate surface area is 196 Å². The molecular formula is C22H23Cl2N3O3S. The number of nitrogens with one attached hydrogen (secondary N) is 1. The summed E-state index contributed by atoms with van der Waals surface area (Å²) in [6, 6.07) is 10.9. The Morgan fingerprint density at radius 3 is 2.55 bits per heavy atom. The van der Waals surface area contributed by atoms with Crippen LogP contribution < -0.4 is 5.32 Å². The molecule has 0 bridgehead atoms. The number of aliphatic imine (C=N–C) groups is 1. The molecule has 1 aliphatic rings. The minimum atomic E-state index is -0.585. The molecule has 1 heterocycles. The van der Waals surface area contributed by atoms with Crippen molar-refractivity contribution in [3.63, 3.8) is 0 Å². The predicted octanol–water partition coefficient (Wildman–Crippen LogP) is 5.22. The van der Waals surface area contributed by atoms with Crippen LogP contribution in [0.25, 0.3) is 0 Å². The van der Waals surface area contributed by atoms with Gasteiger partial charge < -0.3 is 10.1 Å². The number of hydrogen-bond donors (Lipinski definition) is 1. The van der Waals surface area contributed by atoms with Crippen LogP contribution in [0.3, 0.4) is 0 Å². The first kappa shape index (κ1) is 23.6. The van der Waals surface area contributed by atoms with Crippen LogP contribution in [0.2, 0.25) is 10.0 Å². The van der Waals surface area contributed by atoms with Crippen molar-refractivity contribution in [1.82, 2.24) is 4.90 Å². The van der Waals surface area contributed by atoms with Gasteiger partial charge in [-0.2, -0.15) is 0 Å². The first-order valence-corrected chi connectivity index (χ1v) is 11.3. The fourth-order valence-electron chi connectivity index (χ4n) is 3.16. The first-order valence-electron chi connectivity index (χ1n) is 9.67. The quantitative estimate of drug-likeness (QED) is 0.590. The van der Waals surface area contributed by atoms with E-state index in [1.54, 1.807) is 30.2 Å². The van der Waals surface area contributed by atoms with Crippen LogP contribution in [-0.4, -0.2) is 47.4 Å². The minimum Gasteiger partial charge on any atom is -0.383 e. The maximum atomic E-state index is 13.0. The van der Waals surface area contributed by atoms with Crippen LogP contribution in [0.15, 0.2) is 41.4 Å². The lowest BCUT2D eigenvalue weighted by atomic mass is 10.1. The van der Waals surface area contributed by atoms with Crippen LogP contribution in [0.4, 0.5) is 11.4 Å². The van der Waals surface area contributed by atoms with Crippen LogP contribution >= 0.6 is 35.0 Å². The standard InChI is InChI=1S/C22H23Cl2N3O3S/c1-13-6-4-7-14(2)20(13)26-22-27(10-11-30-3)21(29)17(31-22)12-18(28)25-16-9-5-8-15(23)19(16)24/h4-9,17H,10-12H2,1-3H3,(H,25,28). The van der Waals surface area contributed by atoms with E-state index in [0.29, 0.717) is 29.0 Å². The molecule has 164 valence electrons. The number of benzene rings is 2. The highest BCUT2D eigenvalue weighted by atomic mass is 35.5. The summed E-state index contributed by atoms with van der Waals surface area (Å²) in [5.41, 5.74) is 3.28. The van der Waals surface area contributed by atoms with Gasteiger partial charge in [0.25, 0.3) is 0 Å². The second-order valence-electron chi connectivity index (χ2n) is 7.08. The first-order chi connectivity index (χ1) is 14.8. The molecule has 1 aliphatic heterocycles. The number of carbonyl (C=O) groups excluding carboxylic acids is 2. The van der Waals surface area contributed by atoms with Crippen LogP contribution in [0, 0.1) is 13.8 Å². The average Bonchev–Trinajstić information content (AvgIpc) is 3.01. The highest BCUT2D eigenvalue weighted by Crippen LogP contribution is 2.34. The van der Waals surface area contributed by atoms with Gasteiger partial charge in [-0.1, -0.05) is 59.2 Å². The van der Waals surface area contributed by atoms with Gasteiger partial charge in [-0.05, 0) is 37.1 Å². The molecule has 6 nitrogen and oxygen atoms in total. The average molecular weight is 480 g/mol. The van der Waals surface area contributed by atoms with E-state index < -0.39 is 5.25 Å². The van der Waals surface area contributed by atoms with Gasteiger partial charge in [-0.15, -0.1) is 0 Å². The van der Waals surface area contributed by atoms with Gasteiger partial charge >= 0.3 is 0 Å². The largest absolute Gasteiger partial charge is 0.383 e. The molecule has 2 aromatic rings. The van der Waals surface area contributed by atoms with Crippen molar-refractivity contribution >= 4 is 63.3 Å². The smallest absolute Gasteiger partial charge is 0.242 e. The third-order valence-corrected chi connectivity index (χ3v) is 6.78. The number of amidine groups is 1. The third kappa shape index (κ3) is 5.60. The molecule has 0 radical (unpaired) electrons. The molecule has 1 unspecified atom stereocenters. The maximum Gasteiger partial charge on any atom is 0.242 e. The lowest BCUT2D eigenvalue weighted by Gasteiger charge is -2.16. The summed E-state index contributed by atoms with van der Waals surface area (Å²) in [5.74, 6) is -0.491. The van der Waals surface area contributed by atoms with Gasteiger partial charge in [0.1, 0.15) is 5.25 Å². The molecule has 2 aromatic carbocycles. The normalized spacial score (nSPS) is 17.5. The summed E-state index contributed by atoms with van der Waals surface area (Å²) < 4.78 is 5.15. The Hall–Kier alpha value is -2.06. The van der Waals surface area contributed by atoms with Gasteiger partial charge in [0, 0.05) is 13.5 Å². The summed E-state index contributed by atoms with van der Waals surface area (Å²) >= 11 is 13.4. The molecule has 1 saturated heterocycles. The summed E-state index contributed by atoms with van der Waals surface area (Å²) in [5, 5.41) is 3.33. The number of hydrogen-bond acceptors (Lipinski definition) is 5. The van der Waals surface area contributed by atoms with E-state index in [2.05, 4.69) is 5.32 Å². The Morgan fingerprint density at radius 1 is 1.19 bits per heavy atom. The summed E-state index contributed by atoms with van der Waals surface area (Å²) in [6.07, 6.45) is -0.0123. The highest BCUT2D eigenvalue weighted by Gasteiger charge is 2.39. The number of thioether (sulfide) groups is 1. The molecule has 0 saturated carbocycles. The Bertz CT molecular complexity index is 1010. The van der Waals surface area contributed by atoms with E-state index in [-0.39, 0.29) is 23.3 Å². The Balaban J connectivity index is 1.80. The molecule has 0 aromatic heterocycles. The third-order valence-electron chi connectivity index (χ3n) is 4.78. The van der Waals surface area contributed by atoms with Crippen molar-refractivity contribution in [2.75, 3.05) is 25.6 Å². The molecular weight excluding hydrogens is 457 g/mol. The molecule has 0 spiro atoms. The Morgan fingerprint density at radius 2 is 1.87 bits per heavy atom. The monoisotopic (exact) mass is 479 g/mol. The van der Waals surface area contributed by atoms with E-state index in [1.807, 2.05) is 32.0 Å². The zero-order valence-corrected chi connectivity index (χ0v) is 19.8. The molecule has 9 heteroatoms. The lowest BCUT2D eigenvalue weighted by molar-refractivity contribution is -0.128. The summed E-state index contributed by atoms with van der Waals surface area (Å²) in [4.78, 5) is 32.0. The van der Waals surface area contributed by atoms with Crippen LogP contribution in [-0.2, 0) is 14.3 Å². The van der Waals surface area contributed by atoms with Crippen molar-refractivity contribution < 1.29 is 14.3 Å². The Kier molecular flexibility index (Phi) is 8.00. The molecule has 1 atom stereocenters. The number of carbonyl (C=O) groups is 2. The number of halogens is 2. The van der Waals surface area contributed by atoms with Gasteiger partial charge in [-0.25, -0.2) is 4.99 Å². The summed E-state index contributed by atoms with van der Waals surface area (Å²) in [7, 11) is 1.58. The van der Waals surface area contributed by atoms with Gasteiger partial charge in [-0.3, -0.25) is 14.5 Å².